The Kier molecular flexibility index (Phi) is 3.78. The number of nitro groups is 1. The number of nitrogens with zero attached hydrogens (tertiary/aromatic N) is 3. The fourth-order valence-corrected chi connectivity index (χ4v) is 4.11. The van der Waals surface area contributed by atoms with Crippen molar-refractivity contribution in [3.63, 3.8) is 0 Å². The fraction of sp³-hybridized carbons (Fsp3) is 0.444. The molecule has 2 aromatic rings. The summed E-state index contributed by atoms with van der Waals surface area (Å²) in [4.78, 5) is 22.2. The second kappa shape index (κ2) is 5.98. The van der Waals surface area contributed by atoms with Crippen molar-refractivity contribution in [3.05, 3.63) is 57.9 Å². The molecule has 4 rings (SSSR count). The minimum Gasteiger partial charge on any atom is -0.356 e. The SMILES string of the molecule is O=C(CCn1cc([N+](=O)[O-])cn1)NCC1CC12CCc1ccccc12. The van der Waals surface area contributed by atoms with Gasteiger partial charge in [-0.2, -0.15) is 5.10 Å². The van der Waals surface area contributed by atoms with E-state index in [0.29, 0.717) is 19.0 Å². The number of fused-ring (bicyclic) bond motifs is 2. The van der Waals surface area contributed by atoms with Gasteiger partial charge >= 0.3 is 5.69 Å². The third-order valence-corrected chi connectivity index (χ3v) is 5.57. The van der Waals surface area contributed by atoms with Crippen molar-refractivity contribution in [2.75, 3.05) is 6.54 Å². The molecule has 7 nitrogen and oxygen atoms in total. The van der Waals surface area contributed by atoms with Crippen molar-refractivity contribution in [1.29, 1.82) is 0 Å². The van der Waals surface area contributed by atoms with Crippen molar-refractivity contribution in [2.45, 2.75) is 37.6 Å². The highest BCUT2D eigenvalue weighted by atomic mass is 16.6. The van der Waals surface area contributed by atoms with Crippen LogP contribution >= 0.6 is 0 Å². The van der Waals surface area contributed by atoms with Gasteiger partial charge < -0.3 is 5.32 Å². The Bertz CT molecular complexity index is 831. The van der Waals surface area contributed by atoms with Crippen molar-refractivity contribution in [2.24, 2.45) is 5.92 Å². The van der Waals surface area contributed by atoms with Gasteiger partial charge in [0.05, 0.1) is 4.92 Å². The Labute approximate surface area is 145 Å². The Balaban J connectivity index is 1.26. The third kappa shape index (κ3) is 2.90. The molecule has 2 atom stereocenters. The van der Waals surface area contributed by atoms with Gasteiger partial charge in [0, 0.05) is 24.9 Å². The molecule has 1 aromatic carbocycles. The lowest BCUT2D eigenvalue weighted by Crippen LogP contribution is -2.28. The number of carbonyl (C=O) groups excluding carboxylic acids is 1. The molecule has 130 valence electrons. The summed E-state index contributed by atoms with van der Waals surface area (Å²) in [5, 5.41) is 17.5. The standard InChI is InChI=1S/C18H20N4O3/c23-17(6-8-21-12-15(11-20-21)22(24)25)19-10-14-9-18(14)7-5-13-3-1-2-4-16(13)18/h1-4,11-12,14H,5-10H2,(H,19,23). The number of aromatic nitrogens is 2. The minimum absolute atomic E-state index is 0.0357. The van der Waals surface area contributed by atoms with Gasteiger partial charge in [-0.25, -0.2) is 0 Å². The molecular formula is C18H20N4O3. The second-order valence-electron chi connectivity index (χ2n) is 6.99. The largest absolute Gasteiger partial charge is 0.356 e. The molecule has 1 spiro atoms. The second-order valence-corrected chi connectivity index (χ2v) is 6.99. The first kappa shape index (κ1) is 15.8. The van der Waals surface area contributed by atoms with Gasteiger partial charge in [-0.3, -0.25) is 19.6 Å². The highest BCUT2D eigenvalue weighted by Gasteiger charge is 2.57. The predicted molar refractivity (Wildman–Crippen MR) is 91.1 cm³/mol. The molecule has 0 saturated heterocycles. The minimum atomic E-state index is -0.491. The molecular weight excluding hydrogens is 320 g/mol. The molecule has 2 aliphatic rings. The number of nitrogens with one attached hydrogen (secondary N) is 1. The number of carbonyl (C=O) groups is 1. The van der Waals surface area contributed by atoms with Crippen LogP contribution in [-0.2, 0) is 23.2 Å². The molecule has 0 bridgehead atoms. The number of rotatable bonds is 6. The van der Waals surface area contributed by atoms with Crippen LogP contribution in [0.4, 0.5) is 5.69 Å². The highest BCUT2D eigenvalue weighted by Crippen LogP contribution is 2.61. The maximum atomic E-state index is 12.1. The van der Waals surface area contributed by atoms with Crippen LogP contribution < -0.4 is 5.32 Å². The van der Waals surface area contributed by atoms with E-state index < -0.39 is 4.92 Å². The summed E-state index contributed by atoms with van der Waals surface area (Å²) in [5.41, 5.74) is 3.15. The molecule has 1 heterocycles. The van der Waals surface area contributed by atoms with Crippen molar-refractivity contribution >= 4 is 11.6 Å². The zero-order valence-electron chi connectivity index (χ0n) is 13.9. The zero-order valence-corrected chi connectivity index (χ0v) is 13.9. The van der Waals surface area contributed by atoms with E-state index in [-0.39, 0.29) is 23.4 Å². The normalized spacial score (nSPS) is 23.4. The van der Waals surface area contributed by atoms with Crippen molar-refractivity contribution in [1.82, 2.24) is 15.1 Å². The fourth-order valence-electron chi connectivity index (χ4n) is 4.11. The number of hydrogen-bond donors (Lipinski definition) is 1. The third-order valence-electron chi connectivity index (χ3n) is 5.57. The van der Waals surface area contributed by atoms with Gasteiger partial charge in [-0.15, -0.1) is 0 Å². The molecule has 0 radical (unpaired) electrons. The molecule has 2 aliphatic carbocycles. The first-order valence-corrected chi connectivity index (χ1v) is 8.60. The maximum Gasteiger partial charge on any atom is 0.306 e. The zero-order chi connectivity index (χ0) is 17.4. The summed E-state index contributed by atoms with van der Waals surface area (Å²) in [6, 6.07) is 8.63. The predicted octanol–water partition coefficient (Wildman–Crippen LogP) is 2.20. The average molecular weight is 340 g/mol. The highest BCUT2D eigenvalue weighted by molar-refractivity contribution is 5.75. The summed E-state index contributed by atoms with van der Waals surface area (Å²) in [6.45, 7) is 1.05. The Morgan fingerprint density at radius 1 is 1.44 bits per heavy atom. The Hall–Kier alpha value is -2.70. The van der Waals surface area contributed by atoms with E-state index in [4.69, 9.17) is 0 Å². The Morgan fingerprint density at radius 2 is 2.28 bits per heavy atom. The van der Waals surface area contributed by atoms with E-state index in [0.717, 1.165) is 12.8 Å². The van der Waals surface area contributed by atoms with Gasteiger partial charge in [0.1, 0.15) is 12.4 Å². The molecule has 1 N–H and O–H groups in total. The summed E-state index contributed by atoms with van der Waals surface area (Å²) >= 11 is 0. The number of amides is 1. The van der Waals surface area contributed by atoms with Crippen LogP contribution in [0.3, 0.4) is 0 Å². The van der Waals surface area contributed by atoms with Crippen LogP contribution in [0.1, 0.15) is 30.4 Å². The molecule has 25 heavy (non-hydrogen) atoms. The van der Waals surface area contributed by atoms with Gasteiger partial charge in [-0.1, -0.05) is 24.3 Å². The maximum absolute atomic E-state index is 12.1. The van der Waals surface area contributed by atoms with Crippen LogP contribution in [0.5, 0.6) is 0 Å². The van der Waals surface area contributed by atoms with Crippen LogP contribution in [0.2, 0.25) is 0 Å². The van der Waals surface area contributed by atoms with Crippen molar-refractivity contribution < 1.29 is 9.72 Å². The van der Waals surface area contributed by atoms with E-state index in [1.165, 1.54) is 34.6 Å². The number of aryl methyl sites for hydroxylation is 2. The van der Waals surface area contributed by atoms with Gasteiger partial charge in [0.25, 0.3) is 0 Å². The molecule has 1 amide bonds. The van der Waals surface area contributed by atoms with Crippen LogP contribution in [0, 0.1) is 16.0 Å². The smallest absolute Gasteiger partial charge is 0.306 e. The van der Waals surface area contributed by atoms with Crippen molar-refractivity contribution in [3.8, 4) is 0 Å². The monoisotopic (exact) mass is 340 g/mol. The molecule has 0 aliphatic heterocycles. The molecule has 7 heteroatoms. The number of benzene rings is 1. The molecule has 1 saturated carbocycles. The molecule has 2 unspecified atom stereocenters. The van der Waals surface area contributed by atoms with E-state index in [1.807, 2.05) is 0 Å². The lowest BCUT2D eigenvalue weighted by molar-refractivity contribution is -0.385. The van der Waals surface area contributed by atoms with E-state index >= 15 is 0 Å². The van der Waals surface area contributed by atoms with Crippen LogP contribution in [0.15, 0.2) is 36.7 Å². The van der Waals surface area contributed by atoms with Gasteiger partial charge in [-0.05, 0) is 36.3 Å². The van der Waals surface area contributed by atoms with Crippen LogP contribution in [0.25, 0.3) is 0 Å². The summed E-state index contributed by atoms with van der Waals surface area (Å²) in [7, 11) is 0. The lowest BCUT2D eigenvalue weighted by atomic mass is 9.95. The summed E-state index contributed by atoms with van der Waals surface area (Å²) in [5.74, 6) is 0.484. The summed E-state index contributed by atoms with van der Waals surface area (Å²) < 4.78 is 1.43. The topological polar surface area (TPSA) is 90.1 Å². The first-order valence-electron chi connectivity index (χ1n) is 8.60. The van der Waals surface area contributed by atoms with Crippen LogP contribution in [-0.4, -0.2) is 27.2 Å². The van der Waals surface area contributed by atoms with Gasteiger partial charge in [0.2, 0.25) is 5.91 Å². The molecule has 1 aromatic heterocycles. The quantitative estimate of drug-likeness (QED) is 0.645. The lowest BCUT2D eigenvalue weighted by Gasteiger charge is -2.12. The van der Waals surface area contributed by atoms with E-state index in [1.54, 1.807) is 0 Å². The van der Waals surface area contributed by atoms with E-state index in [9.17, 15) is 14.9 Å². The first-order chi connectivity index (χ1) is 12.1. The summed E-state index contributed by atoms with van der Waals surface area (Å²) in [6.07, 6.45) is 6.29. The molecule has 1 fully saturated rings. The van der Waals surface area contributed by atoms with E-state index in [2.05, 4.69) is 34.7 Å². The number of hydrogen-bond acceptors (Lipinski definition) is 4. The Morgan fingerprint density at radius 3 is 3.08 bits per heavy atom. The van der Waals surface area contributed by atoms with Gasteiger partial charge in [0.15, 0.2) is 0 Å². The average Bonchev–Trinajstić information content (AvgIpc) is 2.94.